The van der Waals surface area contributed by atoms with E-state index in [1.807, 2.05) is 0 Å². The minimum Gasteiger partial charge on any atom is -0.744 e. The second-order valence-corrected chi connectivity index (χ2v) is 10.4. The first-order chi connectivity index (χ1) is 11.9. The van der Waals surface area contributed by atoms with Crippen LogP contribution in [0.2, 0.25) is 0 Å². The molecule has 0 aliphatic heterocycles. The number of rotatable bonds is 10. The summed E-state index contributed by atoms with van der Waals surface area (Å²) < 4.78 is 34.0. The minimum atomic E-state index is -4.39. The van der Waals surface area contributed by atoms with Gasteiger partial charge in [0.2, 0.25) is 0 Å². The van der Waals surface area contributed by atoms with Crippen molar-refractivity contribution in [1.82, 2.24) is 0 Å². The van der Waals surface area contributed by atoms with Crippen LogP contribution in [-0.2, 0) is 23.0 Å². The summed E-state index contributed by atoms with van der Waals surface area (Å²) in [4.78, 5) is 1.17. The number of unbranched alkanes of at least 4 members (excludes halogenated alkanes) is 5. The van der Waals surface area contributed by atoms with Gasteiger partial charge >= 0.3 is 29.6 Å². The summed E-state index contributed by atoms with van der Waals surface area (Å²) in [5.74, 6) is 0. The second kappa shape index (κ2) is 12.1. The van der Waals surface area contributed by atoms with Gasteiger partial charge in [0.25, 0.3) is 0 Å². The standard InChI is InChI=1S/C18H24O3S4.Na/c1-2-3-4-5-6-7-8-17-16(18(22)24-23-17)13-14-9-11-15(12-10-14)25(19,20)21;/h9-12H,2-8,13H2,1H3,(H,19,20,21);/q;+1/p-1. The number of hydrogen-bond acceptors (Lipinski definition) is 6. The van der Waals surface area contributed by atoms with E-state index in [4.69, 9.17) is 12.2 Å². The summed E-state index contributed by atoms with van der Waals surface area (Å²) in [7, 11) is -0.983. The quantitative estimate of drug-likeness (QED) is 0.188. The molecule has 0 spiro atoms. The van der Waals surface area contributed by atoms with Gasteiger partial charge in [0.15, 0.2) is 0 Å². The molecule has 2 rings (SSSR count). The Bertz CT molecular complexity index is 823. The van der Waals surface area contributed by atoms with Crippen molar-refractivity contribution >= 4 is 43.0 Å². The summed E-state index contributed by atoms with van der Waals surface area (Å²) in [5.41, 5.74) is 2.17. The Hall–Kier alpha value is 0.400. The van der Waals surface area contributed by atoms with Crippen LogP contribution in [0, 0.1) is 3.82 Å². The van der Waals surface area contributed by atoms with Gasteiger partial charge in [-0.1, -0.05) is 84.1 Å². The van der Waals surface area contributed by atoms with E-state index in [9.17, 15) is 13.0 Å². The Balaban J connectivity index is 0.00000338. The SMILES string of the molecule is CCCCCCCCc1ssc(=S)c1Cc1ccc(S(=O)(=O)[O-])cc1.[Na+]. The van der Waals surface area contributed by atoms with Gasteiger partial charge in [-0.3, -0.25) is 0 Å². The van der Waals surface area contributed by atoms with Crippen molar-refractivity contribution < 1.29 is 42.5 Å². The molecule has 0 bridgehead atoms. The Labute approximate surface area is 191 Å². The van der Waals surface area contributed by atoms with Gasteiger partial charge in [-0.05, 0) is 36.1 Å². The first-order valence-corrected chi connectivity index (χ1v) is 12.5. The number of benzene rings is 1. The fraction of sp³-hybridized carbons (Fsp3) is 0.500. The van der Waals surface area contributed by atoms with Crippen LogP contribution < -0.4 is 29.6 Å². The van der Waals surface area contributed by atoms with Gasteiger partial charge in [0.1, 0.15) is 13.9 Å². The summed E-state index contributed by atoms with van der Waals surface area (Å²) >= 11 is 5.48. The van der Waals surface area contributed by atoms with Crippen LogP contribution in [0.3, 0.4) is 0 Å². The molecule has 0 radical (unpaired) electrons. The van der Waals surface area contributed by atoms with Gasteiger partial charge in [-0.25, -0.2) is 8.42 Å². The largest absolute Gasteiger partial charge is 1.00 e. The molecular formula is C18H23NaO3S4. The van der Waals surface area contributed by atoms with Crippen molar-refractivity contribution in [2.75, 3.05) is 0 Å². The third kappa shape index (κ3) is 7.80. The predicted molar refractivity (Wildman–Crippen MR) is 107 cm³/mol. The van der Waals surface area contributed by atoms with Crippen LogP contribution in [0.25, 0.3) is 0 Å². The van der Waals surface area contributed by atoms with E-state index in [1.54, 1.807) is 32.8 Å². The Morgan fingerprint density at radius 1 is 1.00 bits per heavy atom. The van der Waals surface area contributed by atoms with E-state index >= 15 is 0 Å². The molecule has 3 nitrogen and oxygen atoms in total. The van der Waals surface area contributed by atoms with Crippen LogP contribution in [0.4, 0.5) is 0 Å². The molecule has 0 N–H and O–H groups in total. The molecule has 1 aromatic heterocycles. The molecular weight excluding hydrogens is 415 g/mol. The molecule has 0 saturated carbocycles. The second-order valence-electron chi connectivity index (χ2n) is 6.15. The Morgan fingerprint density at radius 2 is 1.62 bits per heavy atom. The van der Waals surface area contributed by atoms with Gasteiger partial charge < -0.3 is 4.55 Å². The third-order valence-electron chi connectivity index (χ3n) is 4.15. The van der Waals surface area contributed by atoms with Crippen LogP contribution in [0.15, 0.2) is 29.2 Å². The molecule has 8 heteroatoms. The van der Waals surface area contributed by atoms with E-state index in [0.717, 1.165) is 15.8 Å². The van der Waals surface area contributed by atoms with Crippen LogP contribution in [-0.4, -0.2) is 13.0 Å². The maximum atomic E-state index is 11.0. The molecule has 1 aromatic carbocycles. The van der Waals surface area contributed by atoms with E-state index in [0.29, 0.717) is 6.42 Å². The fourth-order valence-electron chi connectivity index (χ4n) is 2.71. The predicted octanol–water partition coefficient (Wildman–Crippen LogP) is 2.94. The monoisotopic (exact) mass is 438 g/mol. The topological polar surface area (TPSA) is 57.2 Å². The third-order valence-corrected chi connectivity index (χ3v) is 8.30. The zero-order chi connectivity index (χ0) is 18.3. The zero-order valence-corrected chi connectivity index (χ0v) is 20.6. The summed E-state index contributed by atoms with van der Waals surface area (Å²) in [6.07, 6.45) is 9.40. The van der Waals surface area contributed by atoms with Crippen molar-refractivity contribution in [1.29, 1.82) is 0 Å². The van der Waals surface area contributed by atoms with Crippen molar-refractivity contribution in [2.45, 2.75) is 63.2 Å². The summed E-state index contributed by atoms with van der Waals surface area (Å²) in [6.45, 7) is 2.23. The van der Waals surface area contributed by atoms with Gasteiger partial charge in [-0.15, -0.1) is 0 Å². The van der Waals surface area contributed by atoms with E-state index < -0.39 is 10.1 Å². The minimum absolute atomic E-state index is 0. The van der Waals surface area contributed by atoms with Crippen molar-refractivity contribution in [3.05, 3.63) is 44.1 Å². The molecule has 0 unspecified atom stereocenters. The Kier molecular flexibility index (Phi) is 11.3. The van der Waals surface area contributed by atoms with Crippen LogP contribution in [0.1, 0.15) is 61.5 Å². The molecule has 0 saturated heterocycles. The average Bonchev–Trinajstić information content (AvgIpc) is 2.91. The molecule has 0 fully saturated rings. The Morgan fingerprint density at radius 3 is 2.23 bits per heavy atom. The molecule has 2 aromatic rings. The van der Waals surface area contributed by atoms with Crippen molar-refractivity contribution in [2.24, 2.45) is 0 Å². The molecule has 0 amide bonds. The number of hydrogen-bond donors (Lipinski definition) is 0. The first-order valence-electron chi connectivity index (χ1n) is 8.57. The van der Waals surface area contributed by atoms with Crippen LogP contribution >= 0.6 is 32.9 Å². The molecule has 1 heterocycles. The van der Waals surface area contributed by atoms with Gasteiger partial charge in [0.05, 0.1) is 4.90 Å². The molecule has 26 heavy (non-hydrogen) atoms. The van der Waals surface area contributed by atoms with Crippen LogP contribution in [0.5, 0.6) is 0 Å². The van der Waals surface area contributed by atoms with Gasteiger partial charge in [-0.2, -0.15) is 0 Å². The smallest absolute Gasteiger partial charge is 0.744 e. The molecule has 138 valence electrons. The molecule has 0 aliphatic rings. The van der Waals surface area contributed by atoms with E-state index in [2.05, 4.69) is 6.92 Å². The molecule has 0 aliphatic carbocycles. The maximum Gasteiger partial charge on any atom is 1.00 e. The zero-order valence-electron chi connectivity index (χ0n) is 15.3. The average molecular weight is 439 g/mol. The summed E-state index contributed by atoms with van der Waals surface area (Å²) in [6, 6.07) is 6.17. The van der Waals surface area contributed by atoms with E-state index in [1.165, 1.54) is 61.1 Å². The molecule has 0 atom stereocenters. The van der Waals surface area contributed by atoms with Gasteiger partial charge in [0, 0.05) is 11.3 Å². The number of aryl methyl sites for hydroxylation is 1. The first kappa shape index (κ1) is 24.4. The normalized spacial score (nSPS) is 11.3. The fourth-order valence-corrected chi connectivity index (χ4v) is 6.17. The summed E-state index contributed by atoms with van der Waals surface area (Å²) in [5, 5.41) is 0. The van der Waals surface area contributed by atoms with Crippen molar-refractivity contribution in [3.8, 4) is 0 Å². The van der Waals surface area contributed by atoms with E-state index in [-0.39, 0.29) is 34.5 Å². The maximum absolute atomic E-state index is 11.0. The van der Waals surface area contributed by atoms with Crippen molar-refractivity contribution in [3.63, 3.8) is 0 Å².